The third-order valence-corrected chi connectivity index (χ3v) is 5.53. The van der Waals surface area contributed by atoms with Gasteiger partial charge in [0.05, 0.1) is 10.2 Å². The normalized spacial score (nSPS) is 12.0. The van der Waals surface area contributed by atoms with E-state index >= 15 is 0 Å². The molecule has 0 saturated carbocycles. The number of pyridine rings is 1. The van der Waals surface area contributed by atoms with Crippen molar-refractivity contribution in [3.8, 4) is 11.4 Å². The average molecular weight is 393 g/mol. The molecule has 0 aliphatic heterocycles. The monoisotopic (exact) mass is 393 g/mol. The first-order chi connectivity index (χ1) is 12.5. The van der Waals surface area contributed by atoms with E-state index in [1.165, 1.54) is 23.7 Å². The standard InChI is InChI=1S/C16H10F3N5S2/c17-16(18,19)9-24-13(10-5-7-20-8-6-10)22-23-14(24)26-15-21-11-3-1-2-4-12(11)25-15/h1-8H,9H2. The largest absolute Gasteiger partial charge is 0.406 e. The van der Waals surface area contributed by atoms with Crippen molar-refractivity contribution in [2.24, 2.45) is 0 Å². The summed E-state index contributed by atoms with van der Waals surface area (Å²) in [6.45, 7) is -1.18. The molecule has 132 valence electrons. The SMILES string of the molecule is FC(F)(F)Cn1c(Sc2nc3ccccc3s2)nnc1-c1ccncc1. The molecule has 0 amide bonds. The van der Waals surface area contributed by atoms with Gasteiger partial charge in [0.25, 0.3) is 0 Å². The van der Waals surface area contributed by atoms with Gasteiger partial charge in [-0.15, -0.1) is 21.5 Å². The third-order valence-electron chi connectivity index (χ3n) is 3.45. The quantitative estimate of drug-likeness (QED) is 0.505. The molecule has 10 heteroatoms. The summed E-state index contributed by atoms with van der Waals surface area (Å²) in [5.41, 5.74) is 1.32. The van der Waals surface area contributed by atoms with Crippen LogP contribution in [0.5, 0.6) is 0 Å². The van der Waals surface area contributed by atoms with Crippen LogP contribution in [0.25, 0.3) is 21.6 Å². The van der Waals surface area contributed by atoms with Crippen LogP contribution >= 0.6 is 23.1 Å². The molecule has 3 aromatic heterocycles. The maximum atomic E-state index is 13.1. The van der Waals surface area contributed by atoms with Crippen LogP contribution in [0.15, 0.2) is 58.3 Å². The summed E-state index contributed by atoms with van der Waals surface area (Å²) >= 11 is 2.48. The fourth-order valence-corrected chi connectivity index (χ4v) is 4.37. The summed E-state index contributed by atoms with van der Waals surface area (Å²) in [6.07, 6.45) is -1.39. The van der Waals surface area contributed by atoms with E-state index in [2.05, 4.69) is 20.2 Å². The molecule has 0 atom stereocenters. The van der Waals surface area contributed by atoms with Gasteiger partial charge in [-0.3, -0.25) is 9.55 Å². The zero-order chi connectivity index (χ0) is 18.1. The molecular formula is C16H10F3N5S2. The minimum atomic E-state index is -4.40. The van der Waals surface area contributed by atoms with Gasteiger partial charge in [-0.1, -0.05) is 12.1 Å². The number of halogens is 3. The maximum Gasteiger partial charge on any atom is 0.406 e. The van der Waals surface area contributed by atoms with E-state index in [4.69, 9.17) is 0 Å². The van der Waals surface area contributed by atoms with Crippen LogP contribution < -0.4 is 0 Å². The molecule has 0 saturated heterocycles. The van der Waals surface area contributed by atoms with Gasteiger partial charge in [-0.05, 0) is 36.0 Å². The van der Waals surface area contributed by atoms with Gasteiger partial charge < -0.3 is 0 Å². The molecule has 0 aliphatic carbocycles. The molecule has 0 unspecified atom stereocenters. The lowest BCUT2D eigenvalue weighted by Gasteiger charge is -2.12. The Morgan fingerprint density at radius 1 is 1.04 bits per heavy atom. The summed E-state index contributed by atoms with van der Waals surface area (Å²) in [5.74, 6) is 0.147. The van der Waals surface area contributed by atoms with Crippen molar-refractivity contribution in [3.63, 3.8) is 0 Å². The Morgan fingerprint density at radius 2 is 1.81 bits per heavy atom. The first kappa shape index (κ1) is 17.0. The number of aromatic nitrogens is 5. The number of thiazole rings is 1. The molecular weight excluding hydrogens is 383 g/mol. The van der Waals surface area contributed by atoms with Crippen LogP contribution in [-0.4, -0.2) is 30.9 Å². The summed E-state index contributed by atoms with van der Waals surface area (Å²) in [5, 5.41) is 8.07. The molecule has 0 N–H and O–H groups in total. The first-order valence-corrected chi connectivity index (χ1v) is 9.07. The minimum absolute atomic E-state index is 0.146. The average Bonchev–Trinajstić information content (AvgIpc) is 3.18. The Labute approximate surface area is 153 Å². The van der Waals surface area contributed by atoms with Gasteiger partial charge >= 0.3 is 6.18 Å². The molecule has 1 aromatic carbocycles. The van der Waals surface area contributed by atoms with Crippen molar-refractivity contribution < 1.29 is 13.2 Å². The Morgan fingerprint density at radius 3 is 2.54 bits per heavy atom. The first-order valence-electron chi connectivity index (χ1n) is 7.43. The lowest BCUT2D eigenvalue weighted by molar-refractivity contribution is -0.141. The molecule has 0 bridgehead atoms. The van der Waals surface area contributed by atoms with Gasteiger partial charge in [0.15, 0.2) is 15.3 Å². The van der Waals surface area contributed by atoms with Crippen LogP contribution in [0.4, 0.5) is 13.2 Å². The van der Waals surface area contributed by atoms with Gasteiger partial charge in [-0.2, -0.15) is 13.2 Å². The second-order valence-corrected chi connectivity index (χ2v) is 7.54. The van der Waals surface area contributed by atoms with Crippen LogP contribution in [0, 0.1) is 0 Å². The fourth-order valence-electron chi connectivity index (χ4n) is 2.37. The van der Waals surface area contributed by atoms with Crippen LogP contribution in [0.3, 0.4) is 0 Å². The molecule has 0 spiro atoms. The highest BCUT2D eigenvalue weighted by atomic mass is 32.2. The van der Waals surface area contributed by atoms with E-state index in [-0.39, 0.29) is 11.0 Å². The summed E-state index contributed by atoms with van der Waals surface area (Å²) in [4.78, 5) is 8.32. The number of hydrogen-bond donors (Lipinski definition) is 0. The Balaban J connectivity index is 1.74. The lowest BCUT2D eigenvalue weighted by atomic mass is 10.2. The van der Waals surface area contributed by atoms with E-state index in [9.17, 15) is 13.2 Å². The Bertz CT molecular complexity index is 1010. The molecule has 26 heavy (non-hydrogen) atoms. The number of benzene rings is 1. The predicted molar refractivity (Wildman–Crippen MR) is 93.1 cm³/mol. The Kier molecular flexibility index (Phi) is 4.37. The highest BCUT2D eigenvalue weighted by Crippen LogP contribution is 2.36. The van der Waals surface area contributed by atoms with E-state index in [1.807, 2.05) is 24.3 Å². The van der Waals surface area contributed by atoms with Gasteiger partial charge in [0, 0.05) is 18.0 Å². The number of alkyl halides is 3. The van der Waals surface area contributed by atoms with Gasteiger partial charge in [0.1, 0.15) is 6.54 Å². The number of hydrogen-bond acceptors (Lipinski definition) is 6. The summed E-state index contributed by atoms with van der Waals surface area (Å²) in [7, 11) is 0. The zero-order valence-corrected chi connectivity index (χ0v) is 14.6. The second-order valence-electron chi connectivity index (χ2n) is 5.29. The Hall–Kier alpha value is -2.46. The maximum absolute atomic E-state index is 13.1. The zero-order valence-electron chi connectivity index (χ0n) is 13.0. The van der Waals surface area contributed by atoms with Crippen LogP contribution in [0.2, 0.25) is 0 Å². The van der Waals surface area contributed by atoms with Crippen molar-refractivity contribution >= 4 is 33.3 Å². The molecule has 0 radical (unpaired) electrons. The van der Waals surface area contributed by atoms with E-state index in [0.717, 1.165) is 26.5 Å². The summed E-state index contributed by atoms with van der Waals surface area (Å²) < 4.78 is 41.9. The molecule has 5 nitrogen and oxygen atoms in total. The highest BCUT2D eigenvalue weighted by molar-refractivity contribution is 8.01. The van der Waals surface area contributed by atoms with E-state index in [0.29, 0.717) is 9.90 Å². The molecule has 0 fully saturated rings. The van der Waals surface area contributed by atoms with Gasteiger partial charge in [0.2, 0.25) is 0 Å². The molecule has 4 rings (SSSR count). The number of nitrogens with zero attached hydrogens (tertiary/aromatic N) is 5. The summed E-state index contributed by atoms with van der Waals surface area (Å²) in [6, 6.07) is 10.7. The van der Waals surface area contributed by atoms with E-state index < -0.39 is 12.7 Å². The minimum Gasteiger partial charge on any atom is -0.292 e. The molecule has 0 aliphatic rings. The molecule has 3 heterocycles. The fraction of sp³-hybridized carbons (Fsp3) is 0.125. The topological polar surface area (TPSA) is 56.5 Å². The van der Waals surface area contributed by atoms with Crippen LogP contribution in [0.1, 0.15) is 0 Å². The number of para-hydroxylation sites is 1. The second kappa shape index (κ2) is 6.69. The smallest absolute Gasteiger partial charge is 0.292 e. The van der Waals surface area contributed by atoms with E-state index in [1.54, 1.807) is 12.1 Å². The van der Waals surface area contributed by atoms with Crippen molar-refractivity contribution in [1.82, 2.24) is 24.7 Å². The van der Waals surface area contributed by atoms with Crippen molar-refractivity contribution in [3.05, 3.63) is 48.8 Å². The third kappa shape index (κ3) is 3.56. The van der Waals surface area contributed by atoms with Crippen LogP contribution in [-0.2, 0) is 6.54 Å². The molecule has 4 aromatic rings. The van der Waals surface area contributed by atoms with Crippen molar-refractivity contribution in [2.45, 2.75) is 22.2 Å². The highest BCUT2D eigenvalue weighted by Gasteiger charge is 2.31. The lowest BCUT2D eigenvalue weighted by Crippen LogP contribution is -2.19. The van der Waals surface area contributed by atoms with Gasteiger partial charge in [-0.25, -0.2) is 4.98 Å². The van der Waals surface area contributed by atoms with Crippen molar-refractivity contribution in [1.29, 1.82) is 0 Å². The predicted octanol–water partition coefficient (Wildman–Crippen LogP) is 4.66. The number of rotatable bonds is 4. The number of fused-ring (bicyclic) bond motifs is 1. The van der Waals surface area contributed by atoms with Crippen molar-refractivity contribution in [2.75, 3.05) is 0 Å².